The molecule has 2 aromatic heterocycles. The van der Waals surface area contributed by atoms with Crippen LogP contribution in [-0.2, 0) is 6.42 Å². The van der Waals surface area contributed by atoms with Crippen LogP contribution in [0.2, 0.25) is 0 Å². The van der Waals surface area contributed by atoms with E-state index in [1.807, 2.05) is 24.1 Å². The van der Waals surface area contributed by atoms with E-state index in [0.717, 1.165) is 50.0 Å². The van der Waals surface area contributed by atoms with Crippen molar-refractivity contribution < 1.29 is 4.79 Å². The maximum Gasteiger partial charge on any atom is 0.274 e. The van der Waals surface area contributed by atoms with Crippen LogP contribution >= 0.6 is 0 Å². The van der Waals surface area contributed by atoms with E-state index >= 15 is 0 Å². The molecule has 0 N–H and O–H groups in total. The van der Waals surface area contributed by atoms with Crippen molar-refractivity contribution >= 4 is 16.8 Å². The number of aryl methyl sites for hydroxylation is 1. The molecule has 1 aromatic carbocycles. The van der Waals surface area contributed by atoms with Gasteiger partial charge < -0.3 is 4.90 Å². The number of hydrogen-bond acceptors (Lipinski definition) is 4. The van der Waals surface area contributed by atoms with Gasteiger partial charge in [0.15, 0.2) is 0 Å². The van der Waals surface area contributed by atoms with E-state index in [0.29, 0.717) is 11.6 Å². The molecule has 0 spiro atoms. The number of benzene rings is 1. The number of para-hydroxylation sites is 1. The van der Waals surface area contributed by atoms with Gasteiger partial charge in [0.1, 0.15) is 5.69 Å². The number of hydrogen-bond donors (Lipinski definition) is 0. The molecule has 3 aromatic rings. The maximum atomic E-state index is 12.7. The van der Waals surface area contributed by atoms with Gasteiger partial charge in [-0.05, 0) is 50.2 Å². The molecule has 1 aliphatic heterocycles. The summed E-state index contributed by atoms with van der Waals surface area (Å²) in [5, 5.41) is 1.19. The Morgan fingerprint density at radius 2 is 1.96 bits per heavy atom. The van der Waals surface area contributed by atoms with Gasteiger partial charge in [0, 0.05) is 30.9 Å². The van der Waals surface area contributed by atoms with Gasteiger partial charge in [-0.25, -0.2) is 4.98 Å². The zero-order valence-corrected chi connectivity index (χ0v) is 15.6. The van der Waals surface area contributed by atoms with Gasteiger partial charge in [-0.3, -0.25) is 14.8 Å². The summed E-state index contributed by atoms with van der Waals surface area (Å²) in [6, 6.07) is 10.5. The number of carbonyl (C=O) groups excluding carboxylic acids is 1. The largest absolute Gasteiger partial charge is 0.337 e. The zero-order chi connectivity index (χ0) is 18.6. The van der Waals surface area contributed by atoms with Crippen LogP contribution in [0.15, 0.2) is 48.9 Å². The first-order valence-electron chi connectivity index (χ1n) is 9.61. The Morgan fingerprint density at radius 1 is 1.07 bits per heavy atom. The fraction of sp³-hybridized carbons (Fsp3) is 0.364. The van der Waals surface area contributed by atoms with Crippen LogP contribution in [0.5, 0.6) is 0 Å². The van der Waals surface area contributed by atoms with Crippen LogP contribution in [0.1, 0.15) is 41.0 Å². The Kier molecular flexibility index (Phi) is 5.10. The number of likely N-dealkylation sites (tertiary alicyclic amines) is 1. The SMILES string of the molecule is Cc1cnc(C(=O)N2CCCC(Cc3cccc4cccnc34)CC2)cn1. The lowest BCUT2D eigenvalue weighted by atomic mass is 9.91. The smallest absolute Gasteiger partial charge is 0.274 e. The number of fused-ring (bicyclic) bond motifs is 1. The topological polar surface area (TPSA) is 59.0 Å². The predicted octanol–water partition coefficient (Wildman–Crippen LogP) is 3.82. The van der Waals surface area contributed by atoms with E-state index in [1.165, 1.54) is 10.9 Å². The number of carbonyl (C=O) groups is 1. The van der Waals surface area contributed by atoms with Crippen molar-refractivity contribution in [3.05, 3.63) is 65.9 Å². The molecule has 5 heteroatoms. The van der Waals surface area contributed by atoms with E-state index in [1.54, 1.807) is 12.4 Å². The van der Waals surface area contributed by atoms with Crippen LogP contribution < -0.4 is 0 Å². The molecule has 0 aliphatic carbocycles. The average Bonchev–Trinajstić information content (AvgIpc) is 2.94. The van der Waals surface area contributed by atoms with Gasteiger partial charge in [0.05, 0.1) is 17.4 Å². The fourth-order valence-corrected chi connectivity index (χ4v) is 3.88. The molecule has 1 fully saturated rings. The molecular formula is C22H24N4O. The number of nitrogens with zero attached hydrogens (tertiary/aromatic N) is 4. The molecule has 27 heavy (non-hydrogen) atoms. The summed E-state index contributed by atoms with van der Waals surface area (Å²) in [6.45, 7) is 3.44. The van der Waals surface area contributed by atoms with Crippen LogP contribution in [-0.4, -0.2) is 38.8 Å². The average molecular weight is 360 g/mol. The van der Waals surface area contributed by atoms with E-state index in [9.17, 15) is 4.79 Å². The molecule has 0 radical (unpaired) electrons. The van der Waals surface area contributed by atoms with Crippen LogP contribution in [0.4, 0.5) is 0 Å². The summed E-state index contributed by atoms with van der Waals surface area (Å²) >= 11 is 0. The maximum absolute atomic E-state index is 12.7. The molecule has 0 saturated carbocycles. The highest BCUT2D eigenvalue weighted by atomic mass is 16.2. The van der Waals surface area contributed by atoms with E-state index in [4.69, 9.17) is 0 Å². The quantitative estimate of drug-likeness (QED) is 0.712. The van der Waals surface area contributed by atoms with Gasteiger partial charge in [0.25, 0.3) is 5.91 Å². The molecule has 1 saturated heterocycles. The molecule has 5 nitrogen and oxygen atoms in total. The van der Waals surface area contributed by atoms with Gasteiger partial charge in [-0.1, -0.05) is 24.3 Å². The number of rotatable bonds is 3. The van der Waals surface area contributed by atoms with Gasteiger partial charge in [0.2, 0.25) is 0 Å². The lowest BCUT2D eigenvalue weighted by molar-refractivity contribution is 0.0753. The number of aromatic nitrogens is 3. The highest BCUT2D eigenvalue weighted by Gasteiger charge is 2.23. The van der Waals surface area contributed by atoms with Gasteiger partial charge in [-0.15, -0.1) is 0 Å². The molecule has 3 heterocycles. The minimum Gasteiger partial charge on any atom is -0.337 e. The summed E-state index contributed by atoms with van der Waals surface area (Å²) in [5.74, 6) is 0.564. The first-order chi connectivity index (χ1) is 13.2. The minimum absolute atomic E-state index is 0.00465. The van der Waals surface area contributed by atoms with Crippen molar-refractivity contribution in [3.63, 3.8) is 0 Å². The standard InChI is InChI=1S/C22H24N4O/c1-16-14-25-20(15-24-16)22(27)26-11-4-5-17(9-12-26)13-19-7-2-6-18-8-3-10-23-21(18)19/h2-3,6-8,10,14-15,17H,4-5,9,11-13H2,1H3. The number of amides is 1. The summed E-state index contributed by atoms with van der Waals surface area (Å²) in [5.41, 5.74) is 3.68. The van der Waals surface area contributed by atoms with Gasteiger partial charge >= 0.3 is 0 Å². The summed E-state index contributed by atoms with van der Waals surface area (Å²) in [7, 11) is 0. The van der Waals surface area contributed by atoms with E-state index in [2.05, 4.69) is 39.2 Å². The molecule has 1 atom stereocenters. The molecule has 1 amide bonds. The monoisotopic (exact) mass is 360 g/mol. The predicted molar refractivity (Wildman–Crippen MR) is 105 cm³/mol. The first kappa shape index (κ1) is 17.6. The minimum atomic E-state index is -0.00465. The van der Waals surface area contributed by atoms with Crippen LogP contribution in [0.25, 0.3) is 10.9 Å². The normalized spacial score (nSPS) is 17.7. The highest BCUT2D eigenvalue weighted by molar-refractivity contribution is 5.92. The summed E-state index contributed by atoms with van der Waals surface area (Å²) in [6.07, 6.45) is 9.28. The Bertz CT molecular complexity index is 933. The Balaban J connectivity index is 1.44. The van der Waals surface area contributed by atoms with Crippen LogP contribution in [0, 0.1) is 12.8 Å². The van der Waals surface area contributed by atoms with Crippen molar-refractivity contribution in [2.75, 3.05) is 13.1 Å². The highest BCUT2D eigenvalue weighted by Crippen LogP contribution is 2.25. The molecule has 138 valence electrons. The molecule has 4 rings (SSSR count). The molecule has 1 aliphatic rings. The third kappa shape index (κ3) is 3.97. The second kappa shape index (κ2) is 7.82. The molecular weight excluding hydrogens is 336 g/mol. The van der Waals surface area contributed by atoms with E-state index in [-0.39, 0.29) is 5.91 Å². The first-order valence-corrected chi connectivity index (χ1v) is 9.61. The van der Waals surface area contributed by atoms with Gasteiger partial charge in [-0.2, -0.15) is 0 Å². The molecule has 0 bridgehead atoms. The summed E-state index contributed by atoms with van der Waals surface area (Å²) < 4.78 is 0. The Morgan fingerprint density at radius 3 is 2.81 bits per heavy atom. The van der Waals surface area contributed by atoms with E-state index < -0.39 is 0 Å². The molecule has 1 unspecified atom stereocenters. The third-order valence-corrected chi connectivity index (χ3v) is 5.36. The fourth-order valence-electron chi connectivity index (χ4n) is 3.88. The van der Waals surface area contributed by atoms with Crippen molar-refractivity contribution in [2.24, 2.45) is 5.92 Å². The summed E-state index contributed by atoms with van der Waals surface area (Å²) in [4.78, 5) is 27.7. The second-order valence-corrected chi connectivity index (χ2v) is 7.33. The number of pyridine rings is 1. The van der Waals surface area contributed by atoms with Crippen molar-refractivity contribution in [1.82, 2.24) is 19.9 Å². The van der Waals surface area contributed by atoms with Crippen molar-refractivity contribution in [2.45, 2.75) is 32.6 Å². The van der Waals surface area contributed by atoms with Crippen molar-refractivity contribution in [1.29, 1.82) is 0 Å². The lowest BCUT2D eigenvalue weighted by Crippen LogP contribution is -2.32. The lowest BCUT2D eigenvalue weighted by Gasteiger charge is -2.20. The Hall–Kier alpha value is -2.82. The Labute approximate surface area is 159 Å². The van der Waals surface area contributed by atoms with Crippen molar-refractivity contribution in [3.8, 4) is 0 Å². The second-order valence-electron chi connectivity index (χ2n) is 7.33. The third-order valence-electron chi connectivity index (χ3n) is 5.36. The van der Waals surface area contributed by atoms with Crippen LogP contribution in [0.3, 0.4) is 0 Å². The zero-order valence-electron chi connectivity index (χ0n) is 15.6.